The van der Waals surface area contributed by atoms with Crippen LogP contribution in [0.4, 0.5) is 0 Å². The molecule has 0 saturated carbocycles. The Morgan fingerprint density at radius 2 is 2.22 bits per heavy atom. The van der Waals surface area contributed by atoms with Crippen molar-refractivity contribution in [2.75, 3.05) is 6.54 Å². The average Bonchev–Trinajstić information content (AvgIpc) is 3.14. The van der Waals surface area contributed by atoms with Crippen molar-refractivity contribution in [3.8, 4) is 0 Å². The molecule has 1 atom stereocenters. The topological polar surface area (TPSA) is 66.9 Å². The number of amides is 1. The van der Waals surface area contributed by atoms with Crippen LogP contribution in [0, 0.1) is 5.92 Å². The summed E-state index contributed by atoms with van der Waals surface area (Å²) in [7, 11) is 1.69. The molecule has 2 aromatic heterocycles. The van der Waals surface area contributed by atoms with E-state index in [0.717, 1.165) is 17.5 Å². The monoisotopic (exact) mass is 329 g/mol. The van der Waals surface area contributed by atoms with Crippen molar-refractivity contribution in [3.63, 3.8) is 0 Å². The first-order valence-electron chi connectivity index (χ1n) is 7.54. The predicted molar refractivity (Wildman–Crippen MR) is 93.1 cm³/mol. The van der Waals surface area contributed by atoms with Crippen molar-refractivity contribution in [1.82, 2.24) is 14.9 Å². The maximum atomic E-state index is 12.3. The summed E-state index contributed by atoms with van der Waals surface area (Å²) < 4.78 is 1.51. The number of aromatic nitrogens is 2. The van der Waals surface area contributed by atoms with Crippen LogP contribution in [0.25, 0.3) is 11.0 Å². The van der Waals surface area contributed by atoms with Gasteiger partial charge in [-0.25, -0.2) is 4.79 Å². The lowest BCUT2D eigenvalue weighted by atomic mass is 10.1. The number of nitrogens with one attached hydrogen (secondary N) is 2. The highest BCUT2D eigenvalue weighted by atomic mass is 32.1. The zero-order valence-electron chi connectivity index (χ0n) is 13.1. The molecule has 0 aliphatic rings. The van der Waals surface area contributed by atoms with E-state index in [1.54, 1.807) is 36.6 Å². The van der Waals surface area contributed by atoms with Gasteiger partial charge in [0.1, 0.15) is 0 Å². The number of hydrogen-bond acceptors (Lipinski definition) is 3. The number of imidazole rings is 1. The summed E-state index contributed by atoms with van der Waals surface area (Å²) in [6.45, 7) is 2.75. The van der Waals surface area contributed by atoms with Gasteiger partial charge in [-0.05, 0) is 42.0 Å². The SMILES string of the molecule is CC(CNC(=O)c1ccc2[nH]c(=O)n(C)c2c1)Cc1cccs1. The molecule has 0 aliphatic carbocycles. The third-order valence-corrected chi connectivity index (χ3v) is 4.81. The quantitative estimate of drug-likeness (QED) is 0.755. The first-order valence-corrected chi connectivity index (χ1v) is 8.42. The summed E-state index contributed by atoms with van der Waals surface area (Å²) in [5.41, 5.74) is 1.85. The minimum Gasteiger partial charge on any atom is -0.352 e. The van der Waals surface area contributed by atoms with Crippen molar-refractivity contribution in [3.05, 3.63) is 56.6 Å². The Kier molecular flexibility index (Phi) is 4.34. The molecule has 0 aliphatic heterocycles. The number of carbonyl (C=O) groups is 1. The smallest absolute Gasteiger partial charge is 0.326 e. The molecule has 1 unspecified atom stereocenters. The fourth-order valence-electron chi connectivity index (χ4n) is 2.58. The number of hydrogen-bond donors (Lipinski definition) is 2. The molecule has 1 aromatic carbocycles. The zero-order valence-corrected chi connectivity index (χ0v) is 13.9. The number of thiophene rings is 1. The number of benzene rings is 1. The van der Waals surface area contributed by atoms with Gasteiger partial charge in [-0.2, -0.15) is 0 Å². The van der Waals surface area contributed by atoms with Crippen LogP contribution in [0.5, 0.6) is 0 Å². The Hall–Kier alpha value is -2.34. The number of carbonyl (C=O) groups excluding carboxylic acids is 1. The lowest BCUT2D eigenvalue weighted by Crippen LogP contribution is -2.29. The molecule has 2 N–H and O–H groups in total. The highest BCUT2D eigenvalue weighted by Crippen LogP contribution is 2.15. The molecule has 2 heterocycles. The minimum absolute atomic E-state index is 0.112. The molecule has 0 radical (unpaired) electrons. The lowest BCUT2D eigenvalue weighted by Gasteiger charge is -2.12. The second-order valence-electron chi connectivity index (χ2n) is 5.82. The Balaban J connectivity index is 1.66. The van der Waals surface area contributed by atoms with Gasteiger partial charge in [-0.1, -0.05) is 13.0 Å². The van der Waals surface area contributed by atoms with Crippen LogP contribution in [-0.4, -0.2) is 22.0 Å². The van der Waals surface area contributed by atoms with Crippen LogP contribution in [0.3, 0.4) is 0 Å². The van der Waals surface area contributed by atoms with Crippen molar-refractivity contribution in [2.24, 2.45) is 13.0 Å². The van der Waals surface area contributed by atoms with E-state index >= 15 is 0 Å². The van der Waals surface area contributed by atoms with Gasteiger partial charge >= 0.3 is 5.69 Å². The van der Waals surface area contributed by atoms with Gasteiger partial charge in [-0.3, -0.25) is 9.36 Å². The summed E-state index contributed by atoms with van der Waals surface area (Å²) in [6, 6.07) is 9.40. The first kappa shape index (κ1) is 15.6. The van der Waals surface area contributed by atoms with E-state index in [1.165, 1.54) is 9.44 Å². The highest BCUT2D eigenvalue weighted by Gasteiger charge is 2.11. The fraction of sp³-hybridized carbons (Fsp3) is 0.294. The Morgan fingerprint density at radius 1 is 1.39 bits per heavy atom. The Bertz CT molecular complexity index is 877. The van der Waals surface area contributed by atoms with Gasteiger partial charge in [-0.15, -0.1) is 11.3 Å². The molecule has 23 heavy (non-hydrogen) atoms. The van der Waals surface area contributed by atoms with E-state index in [9.17, 15) is 9.59 Å². The van der Waals surface area contributed by atoms with Crippen LogP contribution >= 0.6 is 11.3 Å². The van der Waals surface area contributed by atoms with Crippen LogP contribution in [0.15, 0.2) is 40.5 Å². The molecule has 0 saturated heterocycles. The molecule has 3 rings (SSSR count). The molecule has 5 nitrogen and oxygen atoms in total. The average molecular weight is 329 g/mol. The Morgan fingerprint density at radius 3 is 2.96 bits per heavy atom. The highest BCUT2D eigenvalue weighted by molar-refractivity contribution is 7.09. The van der Waals surface area contributed by atoms with Crippen LogP contribution in [-0.2, 0) is 13.5 Å². The minimum atomic E-state index is -0.179. The summed E-state index contributed by atoms with van der Waals surface area (Å²) in [5.74, 6) is 0.261. The summed E-state index contributed by atoms with van der Waals surface area (Å²) in [6.07, 6.45) is 0.962. The zero-order chi connectivity index (χ0) is 16.4. The number of nitrogens with zero attached hydrogens (tertiary/aromatic N) is 1. The molecule has 1 amide bonds. The predicted octanol–water partition coefficient (Wildman–Crippen LogP) is 2.54. The molecule has 120 valence electrons. The van der Waals surface area contributed by atoms with Crippen LogP contribution in [0.1, 0.15) is 22.2 Å². The van der Waals surface area contributed by atoms with E-state index in [4.69, 9.17) is 0 Å². The molecule has 0 bridgehead atoms. The van der Waals surface area contributed by atoms with Gasteiger partial charge in [0.2, 0.25) is 0 Å². The van der Waals surface area contributed by atoms with Gasteiger partial charge in [0.05, 0.1) is 11.0 Å². The van der Waals surface area contributed by atoms with Crippen LogP contribution < -0.4 is 11.0 Å². The van der Waals surface area contributed by atoms with E-state index in [0.29, 0.717) is 18.0 Å². The van der Waals surface area contributed by atoms with E-state index in [1.807, 2.05) is 6.07 Å². The first-order chi connectivity index (χ1) is 11.0. The second kappa shape index (κ2) is 6.42. The van der Waals surface area contributed by atoms with E-state index < -0.39 is 0 Å². The van der Waals surface area contributed by atoms with E-state index in [2.05, 4.69) is 28.7 Å². The Labute approximate surface area is 138 Å². The molecule has 6 heteroatoms. The van der Waals surface area contributed by atoms with Crippen LogP contribution in [0.2, 0.25) is 0 Å². The summed E-state index contributed by atoms with van der Waals surface area (Å²) in [5, 5.41) is 5.04. The number of rotatable bonds is 5. The number of fused-ring (bicyclic) bond motifs is 1. The van der Waals surface area contributed by atoms with Gasteiger partial charge in [0, 0.05) is 24.0 Å². The van der Waals surface area contributed by atoms with Crippen molar-refractivity contribution < 1.29 is 4.79 Å². The maximum absolute atomic E-state index is 12.3. The van der Waals surface area contributed by atoms with Crippen molar-refractivity contribution in [2.45, 2.75) is 13.3 Å². The molecular formula is C17H19N3O2S. The standard InChI is InChI=1S/C17H19N3O2S/c1-11(8-13-4-3-7-23-13)10-18-16(21)12-5-6-14-15(9-12)20(2)17(22)19-14/h3-7,9,11H,8,10H2,1-2H3,(H,18,21)(H,19,22). The largest absolute Gasteiger partial charge is 0.352 e. The number of aromatic amines is 1. The molecule has 0 fully saturated rings. The molecule has 0 spiro atoms. The van der Waals surface area contributed by atoms with Gasteiger partial charge in [0.25, 0.3) is 5.91 Å². The third-order valence-electron chi connectivity index (χ3n) is 3.91. The summed E-state index contributed by atoms with van der Waals surface area (Å²) in [4.78, 5) is 28.0. The van der Waals surface area contributed by atoms with E-state index in [-0.39, 0.29) is 11.6 Å². The third kappa shape index (κ3) is 3.37. The molecular weight excluding hydrogens is 310 g/mol. The number of H-pyrrole nitrogens is 1. The summed E-state index contributed by atoms with van der Waals surface area (Å²) >= 11 is 1.74. The van der Waals surface area contributed by atoms with Crippen molar-refractivity contribution in [1.29, 1.82) is 0 Å². The van der Waals surface area contributed by atoms with Gasteiger partial charge in [0.15, 0.2) is 0 Å². The normalized spacial score (nSPS) is 12.4. The van der Waals surface area contributed by atoms with Crippen molar-refractivity contribution >= 4 is 28.3 Å². The maximum Gasteiger partial charge on any atom is 0.326 e. The molecule has 3 aromatic rings. The fourth-order valence-corrected chi connectivity index (χ4v) is 3.45. The second-order valence-corrected chi connectivity index (χ2v) is 6.85. The number of aryl methyl sites for hydroxylation is 1. The lowest BCUT2D eigenvalue weighted by molar-refractivity contribution is 0.0948. The van der Waals surface area contributed by atoms with Gasteiger partial charge < -0.3 is 10.3 Å².